The van der Waals surface area contributed by atoms with Gasteiger partial charge >= 0.3 is 0 Å². The van der Waals surface area contributed by atoms with Crippen LogP contribution in [0.15, 0.2) is 98.8 Å². The molecule has 5 aromatic rings. The first kappa shape index (κ1) is 20.9. The third-order valence-electron chi connectivity index (χ3n) is 6.97. The van der Waals surface area contributed by atoms with Crippen LogP contribution in [0.3, 0.4) is 0 Å². The molecule has 4 nitrogen and oxygen atoms in total. The summed E-state index contributed by atoms with van der Waals surface area (Å²) in [6.07, 6.45) is 5.81. The number of aromatic amines is 1. The van der Waals surface area contributed by atoms with E-state index in [9.17, 15) is 4.79 Å². The molecule has 1 N–H and O–H groups in total. The van der Waals surface area contributed by atoms with Crippen LogP contribution in [0.4, 0.5) is 0 Å². The van der Waals surface area contributed by atoms with E-state index < -0.39 is 0 Å². The number of H-pyrrole nitrogens is 1. The number of aryl methyl sites for hydroxylation is 1. The number of rotatable bonds is 2. The van der Waals surface area contributed by atoms with Gasteiger partial charge in [-0.1, -0.05) is 81.9 Å². The number of benzene rings is 3. The number of para-hydroxylation sites is 1. The second kappa shape index (κ2) is 8.04. The van der Waals surface area contributed by atoms with Gasteiger partial charge in [-0.3, -0.25) is 9.36 Å². The maximum Gasteiger partial charge on any atom is 0.271 e. The fraction of sp³-hybridized carbons (Fsp3) is 0.103. The van der Waals surface area contributed by atoms with Gasteiger partial charge in [-0.05, 0) is 53.8 Å². The fourth-order valence-electron chi connectivity index (χ4n) is 5.32. The zero-order valence-corrected chi connectivity index (χ0v) is 21.1. The van der Waals surface area contributed by atoms with Gasteiger partial charge in [0, 0.05) is 32.7 Å². The molecule has 2 aliphatic rings. The number of nitrogens with one attached hydrogen (secondary N) is 1. The molecule has 0 unspecified atom stereocenters. The molecule has 1 aliphatic carbocycles. The summed E-state index contributed by atoms with van der Waals surface area (Å²) in [5.74, 6) is 0. The van der Waals surface area contributed by atoms with E-state index in [0.717, 1.165) is 49.8 Å². The van der Waals surface area contributed by atoms with Gasteiger partial charge in [0.1, 0.15) is 0 Å². The Hall–Kier alpha value is -3.48. The zero-order valence-electron chi connectivity index (χ0n) is 18.7. The summed E-state index contributed by atoms with van der Waals surface area (Å²) >= 11 is 5.03. The molecule has 3 heterocycles. The number of hydrogen-bond donors (Lipinski definition) is 1. The molecular formula is C29H20BrN3OS. The van der Waals surface area contributed by atoms with Gasteiger partial charge in [-0.15, -0.1) is 0 Å². The van der Waals surface area contributed by atoms with Crippen LogP contribution in [0.1, 0.15) is 34.7 Å². The molecule has 1 aliphatic heterocycles. The summed E-state index contributed by atoms with van der Waals surface area (Å²) in [7, 11) is 0. The van der Waals surface area contributed by atoms with Crippen LogP contribution < -0.4 is 14.9 Å². The predicted octanol–water partition coefficient (Wildman–Crippen LogP) is 5.56. The topological polar surface area (TPSA) is 50.1 Å². The number of allylic oxidation sites excluding steroid dienone is 1. The maximum absolute atomic E-state index is 13.9. The van der Waals surface area contributed by atoms with E-state index in [1.807, 2.05) is 47.2 Å². The van der Waals surface area contributed by atoms with Gasteiger partial charge in [0.2, 0.25) is 0 Å². The van der Waals surface area contributed by atoms with Crippen LogP contribution in [0.25, 0.3) is 22.7 Å². The van der Waals surface area contributed by atoms with E-state index in [1.165, 1.54) is 28.0 Å². The fourth-order valence-corrected chi connectivity index (χ4v) is 6.58. The maximum atomic E-state index is 13.9. The number of fused-ring (bicyclic) bond motifs is 4. The van der Waals surface area contributed by atoms with Crippen LogP contribution in [-0.4, -0.2) is 9.55 Å². The van der Waals surface area contributed by atoms with Crippen LogP contribution in [-0.2, 0) is 6.42 Å². The molecule has 0 spiro atoms. The monoisotopic (exact) mass is 537 g/mol. The number of nitrogens with zero attached hydrogens (tertiary/aromatic N) is 2. The lowest BCUT2D eigenvalue weighted by molar-refractivity contribution is 0.585. The van der Waals surface area contributed by atoms with E-state index in [2.05, 4.69) is 63.4 Å². The SMILES string of the molecule is O=c1/c(=C/c2c[nH]c3ccccc23)sc2n1[C@H](c1ccc(Br)cc1)C1=C(N=2)c2ccccc2CC1. The number of thiazole rings is 1. The van der Waals surface area contributed by atoms with Gasteiger partial charge in [0.15, 0.2) is 4.80 Å². The molecule has 0 saturated carbocycles. The highest BCUT2D eigenvalue weighted by atomic mass is 79.9. The molecular weight excluding hydrogens is 518 g/mol. The molecule has 3 aromatic carbocycles. The van der Waals surface area contributed by atoms with Crippen molar-refractivity contribution in [2.24, 2.45) is 4.99 Å². The highest BCUT2D eigenvalue weighted by Crippen LogP contribution is 2.41. The second-order valence-electron chi connectivity index (χ2n) is 8.95. The van der Waals surface area contributed by atoms with Crippen molar-refractivity contribution >= 4 is 49.9 Å². The summed E-state index contributed by atoms with van der Waals surface area (Å²) in [6, 6.07) is 24.8. The molecule has 6 heteroatoms. The van der Waals surface area contributed by atoms with Crippen molar-refractivity contribution in [1.29, 1.82) is 0 Å². The summed E-state index contributed by atoms with van der Waals surface area (Å²) < 4.78 is 3.63. The van der Waals surface area contributed by atoms with Crippen molar-refractivity contribution in [3.63, 3.8) is 0 Å². The average Bonchev–Trinajstić information content (AvgIpc) is 3.44. The average molecular weight is 538 g/mol. The van der Waals surface area contributed by atoms with Crippen LogP contribution in [0, 0.1) is 0 Å². The smallest absolute Gasteiger partial charge is 0.271 e. The standard InChI is InChI=1S/C29H20BrN3OS/c30-20-12-9-18(10-13-20)27-23-14-11-17-5-1-2-7-22(17)26(23)32-29-33(27)28(34)25(35-29)15-19-16-31-24-8-4-3-6-21(19)24/h1-10,12-13,15-16,27,31H,11,14H2/b25-15-/t27-/m1/s1. The van der Waals surface area contributed by atoms with Gasteiger partial charge in [0.25, 0.3) is 5.56 Å². The molecule has 0 saturated heterocycles. The molecule has 1 atom stereocenters. The molecule has 0 amide bonds. The van der Waals surface area contributed by atoms with E-state index in [-0.39, 0.29) is 11.6 Å². The summed E-state index contributed by atoms with van der Waals surface area (Å²) in [5.41, 5.74) is 7.95. The lowest BCUT2D eigenvalue weighted by atomic mass is 9.83. The lowest BCUT2D eigenvalue weighted by Crippen LogP contribution is -2.38. The molecule has 7 rings (SSSR count). The van der Waals surface area contributed by atoms with E-state index in [1.54, 1.807) is 0 Å². The zero-order chi connectivity index (χ0) is 23.5. The Bertz CT molecular complexity index is 1840. The molecule has 35 heavy (non-hydrogen) atoms. The Morgan fingerprint density at radius 3 is 2.69 bits per heavy atom. The van der Waals surface area contributed by atoms with Gasteiger partial charge < -0.3 is 4.98 Å². The Morgan fingerprint density at radius 2 is 1.80 bits per heavy atom. The van der Waals surface area contributed by atoms with Crippen LogP contribution in [0.5, 0.6) is 0 Å². The quantitative estimate of drug-likeness (QED) is 0.314. The minimum absolute atomic E-state index is 0.0114. The Kier molecular flexibility index (Phi) is 4.79. The third-order valence-corrected chi connectivity index (χ3v) is 8.48. The molecule has 2 aromatic heterocycles. The Labute approximate surface area is 213 Å². The first-order valence-corrected chi connectivity index (χ1v) is 13.2. The summed E-state index contributed by atoms with van der Waals surface area (Å²) in [5, 5.41) is 1.11. The Morgan fingerprint density at radius 1 is 1.00 bits per heavy atom. The molecule has 170 valence electrons. The number of aromatic nitrogens is 2. The van der Waals surface area contributed by atoms with Gasteiger partial charge in [-0.25, -0.2) is 4.99 Å². The van der Waals surface area contributed by atoms with Crippen molar-refractivity contribution in [3.8, 4) is 0 Å². The summed E-state index contributed by atoms with van der Waals surface area (Å²) in [6.45, 7) is 0. The first-order valence-electron chi connectivity index (χ1n) is 11.6. The first-order chi connectivity index (χ1) is 17.2. The highest BCUT2D eigenvalue weighted by molar-refractivity contribution is 9.10. The number of hydrogen-bond acceptors (Lipinski definition) is 3. The van der Waals surface area contributed by atoms with Gasteiger partial charge in [0.05, 0.1) is 16.3 Å². The van der Waals surface area contributed by atoms with E-state index in [4.69, 9.17) is 4.99 Å². The molecule has 0 bridgehead atoms. The van der Waals surface area contributed by atoms with E-state index >= 15 is 0 Å². The van der Waals surface area contributed by atoms with E-state index in [0.29, 0.717) is 4.53 Å². The van der Waals surface area contributed by atoms with Crippen molar-refractivity contribution in [3.05, 3.63) is 131 Å². The van der Waals surface area contributed by atoms with Crippen molar-refractivity contribution in [2.75, 3.05) is 0 Å². The lowest BCUT2D eigenvalue weighted by Gasteiger charge is -2.30. The predicted molar refractivity (Wildman–Crippen MR) is 145 cm³/mol. The van der Waals surface area contributed by atoms with Crippen molar-refractivity contribution in [2.45, 2.75) is 18.9 Å². The van der Waals surface area contributed by atoms with Gasteiger partial charge in [-0.2, -0.15) is 0 Å². The highest BCUT2D eigenvalue weighted by Gasteiger charge is 2.32. The molecule has 0 radical (unpaired) electrons. The summed E-state index contributed by atoms with van der Waals surface area (Å²) in [4.78, 5) is 23.0. The van der Waals surface area contributed by atoms with Crippen LogP contribution >= 0.6 is 27.3 Å². The Balaban J connectivity index is 1.50. The third kappa shape index (κ3) is 3.32. The largest absolute Gasteiger partial charge is 0.361 e. The minimum atomic E-state index is -0.159. The van der Waals surface area contributed by atoms with Crippen molar-refractivity contribution < 1.29 is 0 Å². The second-order valence-corrected chi connectivity index (χ2v) is 10.9. The molecule has 0 fully saturated rings. The van der Waals surface area contributed by atoms with Crippen LogP contribution in [0.2, 0.25) is 0 Å². The number of halogens is 1. The van der Waals surface area contributed by atoms with Crippen molar-refractivity contribution in [1.82, 2.24) is 9.55 Å². The minimum Gasteiger partial charge on any atom is -0.361 e. The normalized spacial score (nSPS) is 17.2.